The zero-order valence-electron chi connectivity index (χ0n) is 10.7. The first kappa shape index (κ1) is 13.9. The van der Waals surface area contributed by atoms with Gasteiger partial charge in [-0.05, 0) is 11.6 Å². The van der Waals surface area contributed by atoms with Gasteiger partial charge < -0.3 is 14.9 Å². The molecule has 1 aromatic heterocycles. The lowest BCUT2D eigenvalue weighted by atomic mass is 9.91. The van der Waals surface area contributed by atoms with E-state index in [2.05, 4.69) is 25.8 Å². The van der Waals surface area contributed by atoms with Crippen molar-refractivity contribution in [3.63, 3.8) is 0 Å². The molecule has 0 aromatic carbocycles. The van der Waals surface area contributed by atoms with E-state index in [9.17, 15) is 5.11 Å². The maximum absolute atomic E-state index is 9.20. The number of hydrogen-bond acceptors (Lipinski definition) is 4. The first-order chi connectivity index (χ1) is 7.97. The van der Waals surface area contributed by atoms with Crippen molar-refractivity contribution in [2.75, 3.05) is 13.2 Å². The van der Waals surface area contributed by atoms with Gasteiger partial charge in [0.2, 0.25) is 5.88 Å². The quantitative estimate of drug-likeness (QED) is 0.767. The van der Waals surface area contributed by atoms with E-state index < -0.39 is 0 Å². The van der Waals surface area contributed by atoms with Crippen LogP contribution in [0, 0.1) is 0 Å². The minimum atomic E-state index is -0.0831. The molecule has 1 aromatic rings. The summed E-state index contributed by atoms with van der Waals surface area (Å²) in [5.74, 6) is 0.509. The number of aromatic nitrogens is 1. The van der Waals surface area contributed by atoms with Crippen molar-refractivity contribution < 1.29 is 14.9 Å². The van der Waals surface area contributed by atoms with Crippen LogP contribution in [0.3, 0.4) is 0 Å². The molecular formula is C13H21NO3. The fourth-order valence-electron chi connectivity index (χ4n) is 1.35. The van der Waals surface area contributed by atoms with Crippen LogP contribution in [0.25, 0.3) is 0 Å². The van der Waals surface area contributed by atoms with Crippen molar-refractivity contribution in [1.29, 1.82) is 0 Å². The van der Waals surface area contributed by atoms with Crippen molar-refractivity contribution in [1.82, 2.24) is 4.98 Å². The maximum Gasteiger partial charge on any atom is 0.213 e. The summed E-state index contributed by atoms with van der Waals surface area (Å²) in [6, 6.07) is 3.62. The Bertz CT molecular complexity index is 358. The lowest BCUT2D eigenvalue weighted by Gasteiger charge is -2.19. The Labute approximate surface area is 102 Å². The molecule has 2 N–H and O–H groups in total. The molecule has 96 valence electrons. The molecule has 0 aliphatic rings. The minimum Gasteiger partial charge on any atom is -0.478 e. The number of hydrogen-bond donors (Lipinski definition) is 2. The Hall–Kier alpha value is -1.13. The molecule has 4 nitrogen and oxygen atoms in total. The van der Waals surface area contributed by atoms with Crippen molar-refractivity contribution >= 4 is 0 Å². The van der Waals surface area contributed by atoms with Crippen molar-refractivity contribution in [3.05, 3.63) is 23.4 Å². The van der Waals surface area contributed by atoms with Gasteiger partial charge in [-0.25, -0.2) is 4.98 Å². The van der Waals surface area contributed by atoms with Crippen LogP contribution in [0.1, 0.15) is 38.4 Å². The van der Waals surface area contributed by atoms with Gasteiger partial charge in [0.1, 0.15) is 0 Å². The van der Waals surface area contributed by atoms with Gasteiger partial charge >= 0.3 is 0 Å². The largest absolute Gasteiger partial charge is 0.478 e. The smallest absolute Gasteiger partial charge is 0.213 e. The Kier molecular flexibility index (Phi) is 4.90. The molecule has 0 saturated carbocycles. The monoisotopic (exact) mass is 239 g/mol. The van der Waals surface area contributed by atoms with Crippen molar-refractivity contribution in [2.45, 2.75) is 39.2 Å². The summed E-state index contributed by atoms with van der Waals surface area (Å²) < 4.78 is 5.44. The molecule has 4 heteroatoms. The highest BCUT2D eigenvalue weighted by molar-refractivity contribution is 5.28. The fraction of sp³-hybridized carbons (Fsp3) is 0.615. The average molecular weight is 239 g/mol. The van der Waals surface area contributed by atoms with E-state index in [-0.39, 0.29) is 18.6 Å². The maximum atomic E-state index is 9.20. The molecule has 0 radical (unpaired) electrons. The second-order valence-electron chi connectivity index (χ2n) is 5.03. The van der Waals surface area contributed by atoms with E-state index in [0.29, 0.717) is 18.9 Å². The second kappa shape index (κ2) is 5.98. The van der Waals surface area contributed by atoms with Gasteiger partial charge in [-0.15, -0.1) is 0 Å². The van der Waals surface area contributed by atoms with E-state index >= 15 is 0 Å². The van der Waals surface area contributed by atoms with Crippen molar-refractivity contribution in [3.8, 4) is 5.88 Å². The molecule has 1 rings (SSSR count). The minimum absolute atomic E-state index is 0.0258. The number of nitrogens with zero attached hydrogens (tertiary/aromatic N) is 1. The predicted molar refractivity (Wildman–Crippen MR) is 66.1 cm³/mol. The topological polar surface area (TPSA) is 62.6 Å². The molecular weight excluding hydrogens is 218 g/mol. The molecule has 0 unspecified atom stereocenters. The number of rotatable bonds is 5. The lowest BCUT2D eigenvalue weighted by Crippen LogP contribution is -2.15. The van der Waals surface area contributed by atoms with Crippen LogP contribution in [-0.2, 0) is 12.0 Å². The lowest BCUT2D eigenvalue weighted by molar-refractivity contribution is 0.227. The number of pyridine rings is 1. The Morgan fingerprint density at radius 2 is 1.94 bits per heavy atom. The third kappa shape index (κ3) is 4.32. The summed E-state index contributed by atoms with van der Waals surface area (Å²) in [7, 11) is 0. The SMILES string of the molecule is CC(C)(C)c1cc(CO)cc(OCCCO)n1. The fourth-order valence-corrected chi connectivity index (χ4v) is 1.35. The molecule has 0 bridgehead atoms. The summed E-state index contributed by atoms with van der Waals surface area (Å²) in [4.78, 5) is 4.41. The molecule has 1 heterocycles. The van der Waals surface area contributed by atoms with Gasteiger partial charge in [0, 0.05) is 24.5 Å². The highest BCUT2D eigenvalue weighted by atomic mass is 16.5. The number of aliphatic hydroxyl groups excluding tert-OH is 2. The summed E-state index contributed by atoms with van der Waals surface area (Å²) in [6.45, 7) is 6.70. The van der Waals surface area contributed by atoms with Crippen LogP contribution in [0.15, 0.2) is 12.1 Å². The third-order valence-electron chi connectivity index (χ3n) is 2.37. The molecule has 0 fully saturated rings. The second-order valence-corrected chi connectivity index (χ2v) is 5.03. The Morgan fingerprint density at radius 3 is 2.47 bits per heavy atom. The number of ether oxygens (including phenoxy) is 1. The predicted octanol–water partition coefficient (Wildman–Crippen LogP) is 1.63. The molecule has 0 atom stereocenters. The van der Waals surface area contributed by atoms with Gasteiger partial charge in [-0.2, -0.15) is 0 Å². The third-order valence-corrected chi connectivity index (χ3v) is 2.37. The van der Waals surface area contributed by atoms with Crippen LogP contribution in [0.2, 0.25) is 0 Å². The van der Waals surface area contributed by atoms with Gasteiger partial charge in [0.05, 0.1) is 18.9 Å². The van der Waals surface area contributed by atoms with Gasteiger partial charge in [-0.3, -0.25) is 0 Å². The number of aliphatic hydroxyl groups is 2. The van der Waals surface area contributed by atoms with Crippen LogP contribution in [-0.4, -0.2) is 28.4 Å². The molecule has 0 saturated heterocycles. The average Bonchev–Trinajstić information content (AvgIpc) is 2.28. The van der Waals surface area contributed by atoms with E-state index in [0.717, 1.165) is 11.3 Å². The zero-order valence-corrected chi connectivity index (χ0v) is 10.7. The van der Waals surface area contributed by atoms with Crippen LogP contribution < -0.4 is 4.74 Å². The zero-order chi connectivity index (χ0) is 12.9. The van der Waals surface area contributed by atoms with Crippen molar-refractivity contribution in [2.24, 2.45) is 0 Å². The van der Waals surface area contributed by atoms with E-state index in [1.165, 1.54) is 0 Å². The van der Waals surface area contributed by atoms with E-state index in [4.69, 9.17) is 9.84 Å². The van der Waals surface area contributed by atoms with Crippen LogP contribution in [0.5, 0.6) is 5.88 Å². The summed E-state index contributed by atoms with van der Waals surface area (Å²) >= 11 is 0. The first-order valence-electron chi connectivity index (χ1n) is 5.83. The molecule has 0 spiro atoms. The molecule has 17 heavy (non-hydrogen) atoms. The highest BCUT2D eigenvalue weighted by Crippen LogP contribution is 2.24. The van der Waals surface area contributed by atoms with E-state index in [1.54, 1.807) is 6.07 Å². The first-order valence-corrected chi connectivity index (χ1v) is 5.83. The standard InChI is InChI=1S/C13H21NO3/c1-13(2,3)11-7-10(9-16)8-12(14-11)17-6-4-5-15/h7-8,15-16H,4-6,9H2,1-3H3. The van der Waals surface area contributed by atoms with E-state index in [1.807, 2.05) is 6.07 Å². The van der Waals surface area contributed by atoms with Crippen LogP contribution in [0.4, 0.5) is 0 Å². The normalized spacial score (nSPS) is 11.6. The summed E-state index contributed by atoms with van der Waals surface area (Å²) in [5.41, 5.74) is 1.60. The Morgan fingerprint density at radius 1 is 1.24 bits per heavy atom. The van der Waals surface area contributed by atoms with Gasteiger partial charge in [-0.1, -0.05) is 20.8 Å². The highest BCUT2D eigenvalue weighted by Gasteiger charge is 2.17. The molecule has 0 aliphatic carbocycles. The van der Waals surface area contributed by atoms with Crippen LogP contribution >= 0.6 is 0 Å². The Balaban J connectivity index is 2.89. The summed E-state index contributed by atoms with van der Waals surface area (Å²) in [5, 5.41) is 17.9. The summed E-state index contributed by atoms with van der Waals surface area (Å²) in [6.07, 6.45) is 0.579. The molecule has 0 amide bonds. The van der Waals surface area contributed by atoms with Gasteiger partial charge in [0.25, 0.3) is 0 Å². The van der Waals surface area contributed by atoms with Gasteiger partial charge in [0.15, 0.2) is 0 Å². The molecule has 0 aliphatic heterocycles.